The maximum absolute atomic E-state index is 12.9. The topological polar surface area (TPSA) is 29.3 Å². The summed E-state index contributed by atoms with van der Waals surface area (Å²) in [4.78, 5) is 2.04. The van der Waals surface area contributed by atoms with Crippen LogP contribution in [-0.2, 0) is 0 Å². The predicted octanol–water partition coefficient (Wildman–Crippen LogP) is 2.73. The van der Waals surface area contributed by atoms with Crippen LogP contribution in [0.3, 0.4) is 0 Å². The molecule has 17 heavy (non-hydrogen) atoms. The first-order chi connectivity index (χ1) is 8.16. The third-order valence-electron chi connectivity index (χ3n) is 2.98. The number of rotatable bonds is 1. The van der Waals surface area contributed by atoms with Gasteiger partial charge >= 0.3 is 0 Å². The molecule has 0 atom stereocenters. The summed E-state index contributed by atoms with van der Waals surface area (Å²) in [6.45, 7) is 0.968. The third kappa shape index (κ3) is 2.87. The quantitative estimate of drug-likeness (QED) is 0.806. The Labute approximate surface area is 101 Å². The fourth-order valence-corrected chi connectivity index (χ4v) is 1.89. The Morgan fingerprint density at radius 1 is 1.24 bits per heavy atom. The van der Waals surface area contributed by atoms with Gasteiger partial charge in [-0.1, -0.05) is 18.2 Å². The fourth-order valence-electron chi connectivity index (χ4n) is 1.89. The zero-order chi connectivity index (χ0) is 12.3. The molecule has 1 aliphatic rings. The second-order valence-corrected chi connectivity index (χ2v) is 4.30. The van der Waals surface area contributed by atoms with Gasteiger partial charge in [0.05, 0.1) is 5.82 Å². The molecule has 2 N–H and O–H groups in total. The van der Waals surface area contributed by atoms with Crippen LogP contribution in [0.5, 0.6) is 0 Å². The van der Waals surface area contributed by atoms with E-state index in [0.29, 0.717) is 0 Å². The van der Waals surface area contributed by atoms with Crippen LogP contribution in [0.25, 0.3) is 5.57 Å². The summed E-state index contributed by atoms with van der Waals surface area (Å²) < 4.78 is 12.9. The number of nitrogens with zero attached hydrogens (tertiary/aromatic N) is 1. The van der Waals surface area contributed by atoms with E-state index < -0.39 is 0 Å². The van der Waals surface area contributed by atoms with E-state index in [2.05, 4.69) is 6.08 Å². The van der Waals surface area contributed by atoms with E-state index in [0.717, 1.165) is 36.3 Å². The molecular formula is C14H17FN2. The van der Waals surface area contributed by atoms with Crippen molar-refractivity contribution in [3.8, 4) is 0 Å². The second kappa shape index (κ2) is 5.04. The van der Waals surface area contributed by atoms with E-state index in [9.17, 15) is 4.39 Å². The molecule has 0 amide bonds. The Kier molecular flexibility index (Phi) is 3.47. The molecule has 0 fully saturated rings. The second-order valence-electron chi connectivity index (χ2n) is 4.30. The molecule has 3 heteroatoms. The van der Waals surface area contributed by atoms with Crippen molar-refractivity contribution in [1.82, 2.24) is 4.90 Å². The van der Waals surface area contributed by atoms with Crippen molar-refractivity contribution in [2.24, 2.45) is 5.73 Å². The highest BCUT2D eigenvalue weighted by Gasteiger charge is 2.06. The monoisotopic (exact) mass is 232 g/mol. The van der Waals surface area contributed by atoms with E-state index >= 15 is 0 Å². The zero-order valence-corrected chi connectivity index (χ0v) is 9.99. The summed E-state index contributed by atoms with van der Waals surface area (Å²) in [6, 6.07) is 6.52. The Hall–Kier alpha value is -1.77. The maximum atomic E-state index is 12.9. The molecule has 0 aliphatic carbocycles. The van der Waals surface area contributed by atoms with Crippen molar-refractivity contribution < 1.29 is 4.39 Å². The molecule has 0 radical (unpaired) electrons. The number of hydrogen-bond acceptors (Lipinski definition) is 2. The van der Waals surface area contributed by atoms with Crippen LogP contribution in [-0.4, -0.2) is 18.5 Å². The smallest absolute Gasteiger partial charge is 0.123 e. The fraction of sp³-hybridized carbons (Fsp3) is 0.286. The number of allylic oxidation sites excluding steroid dienone is 3. The molecule has 1 heterocycles. The Morgan fingerprint density at radius 3 is 2.65 bits per heavy atom. The highest BCUT2D eigenvalue weighted by atomic mass is 19.1. The van der Waals surface area contributed by atoms with Gasteiger partial charge in [-0.25, -0.2) is 4.39 Å². The van der Waals surface area contributed by atoms with Gasteiger partial charge < -0.3 is 10.6 Å². The van der Waals surface area contributed by atoms with Crippen LogP contribution in [0.15, 0.2) is 42.2 Å². The summed E-state index contributed by atoms with van der Waals surface area (Å²) >= 11 is 0. The van der Waals surface area contributed by atoms with Crippen LogP contribution >= 0.6 is 0 Å². The lowest BCUT2D eigenvalue weighted by Crippen LogP contribution is -2.25. The summed E-state index contributed by atoms with van der Waals surface area (Å²) in [6.07, 6.45) is 6.20. The lowest BCUT2D eigenvalue weighted by molar-refractivity contribution is 0.404. The minimum Gasteiger partial charge on any atom is -0.385 e. The van der Waals surface area contributed by atoms with Crippen LogP contribution in [0.4, 0.5) is 4.39 Å². The molecular weight excluding hydrogens is 215 g/mol. The van der Waals surface area contributed by atoms with Gasteiger partial charge in [-0.2, -0.15) is 0 Å². The molecule has 0 spiro atoms. The van der Waals surface area contributed by atoms with E-state index in [1.807, 2.05) is 18.0 Å². The van der Waals surface area contributed by atoms with Crippen LogP contribution in [0.1, 0.15) is 18.4 Å². The zero-order valence-electron chi connectivity index (χ0n) is 9.99. The van der Waals surface area contributed by atoms with Crippen LogP contribution < -0.4 is 5.73 Å². The molecule has 0 unspecified atom stereocenters. The van der Waals surface area contributed by atoms with Crippen molar-refractivity contribution in [2.75, 3.05) is 13.6 Å². The third-order valence-corrected chi connectivity index (χ3v) is 2.98. The summed E-state index contributed by atoms with van der Waals surface area (Å²) in [5.74, 6) is 0.537. The van der Waals surface area contributed by atoms with Gasteiger partial charge in [-0.3, -0.25) is 0 Å². The molecule has 90 valence electrons. The first kappa shape index (κ1) is 11.7. The molecule has 0 aromatic heterocycles. The van der Waals surface area contributed by atoms with Crippen molar-refractivity contribution >= 4 is 5.57 Å². The number of halogens is 1. The number of hydrogen-bond donors (Lipinski definition) is 1. The van der Waals surface area contributed by atoms with E-state index in [4.69, 9.17) is 5.73 Å². The van der Waals surface area contributed by atoms with Gasteiger partial charge in [0.2, 0.25) is 0 Å². The average molecular weight is 232 g/mol. The predicted molar refractivity (Wildman–Crippen MR) is 68.5 cm³/mol. The van der Waals surface area contributed by atoms with Gasteiger partial charge in [0.15, 0.2) is 0 Å². The van der Waals surface area contributed by atoms with Gasteiger partial charge in [0.1, 0.15) is 5.82 Å². The van der Waals surface area contributed by atoms with E-state index in [1.54, 1.807) is 12.1 Å². The average Bonchev–Trinajstić information content (AvgIpc) is 2.31. The Balaban J connectivity index is 2.32. The minimum absolute atomic E-state index is 0.214. The lowest BCUT2D eigenvalue weighted by Gasteiger charge is -2.21. The molecule has 1 aromatic rings. The molecule has 0 bridgehead atoms. The van der Waals surface area contributed by atoms with Gasteiger partial charge in [0.25, 0.3) is 0 Å². The van der Waals surface area contributed by atoms with Crippen LogP contribution in [0, 0.1) is 5.82 Å². The summed E-state index contributed by atoms with van der Waals surface area (Å²) in [5.41, 5.74) is 8.05. The Bertz CT molecular complexity index is 446. The lowest BCUT2D eigenvalue weighted by atomic mass is 10.0. The molecule has 1 aromatic carbocycles. The molecule has 0 saturated heterocycles. The van der Waals surface area contributed by atoms with E-state index in [-0.39, 0.29) is 5.82 Å². The van der Waals surface area contributed by atoms with Crippen molar-refractivity contribution in [1.29, 1.82) is 0 Å². The highest BCUT2D eigenvalue weighted by Crippen LogP contribution is 2.21. The largest absolute Gasteiger partial charge is 0.385 e. The van der Waals surface area contributed by atoms with Crippen molar-refractivity contribution in [2.45, 2.75) is 12.8 Å². The van der Waals surface area contributed by atoms with Crippen molar-refractivity contribution in [3.05, 3.63) is 53.6 Å². The number of nitrogens with two attached hydrogens (primary N) is 1. The Morgan fingerprint density at radius 2 is 1.94 bits per heavy atom. The molecule has 2 rings (SSSR count). The van der Waals surface area contributed by atoms with Gasteiger partial charge in [0, 0.05) is 13.6 Å². The first-order valence-electron chi connectivity index (χ1n) is 5.81. The minimum atomic E-state index is -0.214. The summed E-state index contributed by atoms with van der Waals surface area (Å²) in [7, 11) is 1.99. The normalized spacial score (nSPS) is 23.1. The van der Waals surface area contributed by atoms with E-state index in [1.165, 1.54) is 12.1 Å². The van der Waals surface area contributed by atoms with Crippen LogP contribution in [0.2, 0.25) is 0 Å². The van der Waals surface area contributed by atoms with Crippen molar-refractivity contribution in [3.63, 3.8) is 0 Å². The SMILES string of the molecule is CN1CCC/C=C(c2ccc(F)cc2)/C=C\1N. The standard InChI is InChI=1S/C14H17FN2/c1-17-9-3-2-4-12(10-14(17)16)11-5-7-13(15)8-6-11/h4-8,10H,2-3,9,16H2,1H3/b12-4-,14-10-. The highest BCUT2D eigenvalue weighted by molar-refractivity contribution is 5.74. The number of benzene rings is 1. The summed E-state index contributed by atoms with van der Waals surface area (Å²) in [5, 5.41) is 0. The van der Waals surface area contributed by atoms with Gasteiger partial charge in [-0.05, 0) is 42.2 Å². The van der Waals surface area contributed by atoms with Gasteiger partial charge in [-0.15, -0.1) is 0 Å². The molecule has 1 aliphatic heterocycles. The maximum Gasteiger partial charge on any atom is 0.123 e. The first-order valence-corrected chi connectivity index (χ1v) is 5.81. The molecule has 0 saturated carbocycles. The molecule has 2 nitrogen and oxygen atoms in total.